The maximum atomic E-state index is 9.83. The normalized spacial score (nSPS) is 10.9. The van der Waals surface area contributed by atoms with E-state index in [-0.39, 0.29) is 10.8 Å². The maximum Gasteiger partial charge on any atom is 0.160 e. The Bertz CT molecular complexity index is 552. The molecule has 0 spiro atoms. The first-order valence-electron chi connectivity index (χ1n) is 4.46. The molecule has 0 fully saturated rings. The third-order valence-corrected chi connectivity index (χ3v) is 3.31. The Labute approximate surface area is 97.5 Å². The molecule has 0 saturated carbocycles. The summed E-state index contributed by atoms with van der Waals surface area (Å²) in [4.78, 5) is 4.22. The van der Waals surface area contributed by atoms with E-state index < -0.39 is 0 Å². The van der Waals surface area contributed by atoms with E-state index in [1.165, 1.54) is 0 Å². The van der Waals surface area contributed by atoms with Crippen molar-refractivity contribution in [2.45, 2.75) is 13.8 Å². The second kappa shape index (κ2) is 3.54. The minimum atomic E-state index is -0.00253. The highest BCUT2D eigenvalue weighted by atomic mass is 35.5. The zero-order valence-corrected chi connectivity index (χ0v) is 9.82. The Kier molecular flexibility index (Phi) is 2.49. The van der Waals surface area contributed by atoms with Crippen molar-refractivity contribution in [3.8, 4) is 5.75 Å². The number of aryl methyl sites for hydroxylation is 1. The van der Waals surface area contributed by atoms with Crippen molar-refractivity contribution < 1.29 is 5.11 Å². The highest BCUT2D eigenvalue weighted by molar-refractivity contribution is 6.41. The van der Waals surface area contributed by atoms with E-state index >= 15 is 0 Å². The Morgan fingerprint density at radius 1 is 1.13 bits per heavy atom. The largest absolute Gasteiger partial charge is 0.504 e. The van der Waals surface area contributed by atoms with Gasteiger partial charge in [0.05, 0.1) is 10.0 Å². The van der Waals surface area contributed by atoms with Crippen LogP contribution in [0, 0.1) is 13.8 Å². The van der Waals surface area contributed by atoms with Crippen molar-refractivity contribution in [3.63, 3.8) is 0 Å². The molecule has 0 aliphatic carbocycles. The zero-order valence-electron chi connectivity index (χ0n) is 8.31. The van der Waals surface area contributed by atoms with Crippen LogP contribution in [-0.4, -0.2) is 10.1 Å². The highest BCUT2D eigenvalue weighted by Gasteiger charge is 2.14. The summed E-state index contributed by atoms with van der Waals surface area (Å²) in [5.74, 6) is -0.00253. The van der Waals surface area contributed by atoms with Crippen LogP contribution >= 0.6 is 23.2 Å². The molecule has 0 unspecified atom stereocenters. The number of hydrogen-bond acceptors (Lipinski definition) is 2. The van der Waals surface area contributed by atoms with Gasteiger partial charge in [0.15, 0.2) is 5.75 Å². The lowest BCUT2D eigenvalue weighted by Crippen LogP contribution is -1.88. The second-order valence-corrected chi connectivity index (χ2v) is 4.21. The van der Waals surface area contributed by atoms with E-state index in [0.29, 0.717) is 16.1 Å². The molecule has 2 nitrogen and oxygen atoms in total. The Morgan fingerprint density at radius 3 is 2.47 bits per heavy atom. The number of phenolic OH excluding ortho intramolecular Hbond substituents is 1. The summed E-state index contributed by atoms with van der Waals surface area (Å²) >= 11 is 12.1. The van der Waals surface area contributed by atoms with Crippen LogP contribution in [0.3, 0.4) is 0 Å². The van der Waals surface area contributed by atoms with Crippen molar-refractivity contribution in [2.75, 3.05) is 0 Å². The Balaban J connectivity index is 3.00. The van der Waals surface area contributed by atoms with Gasteiger partial charge < -0.3 is 5.11 Å². The summed E-state index contributed by atoms with van der Waals surface area (Å²) in [7, 11) is 0. The Morgan fingerprint density at radius 2 is 1.80 bits per heavy atom. The van der Waals surface area contributed by atoms with Gasteiger partial charge in [-0.2, -0.15) is 0 Å². The lowest BCUT2D eigenvalue weighted by molar-refractivity contribution is 0.480. The predicted molar refractivity (Wildman–Crippen MR) is 62.9 cm³/mol. The number of rotatable bonds is 0. The van der Waals surface area contributed by atoms with Gasteiger partial charge in [-0.25, -0.2) is 4.98 Å². The molecule has 0 amide bonds. The molecular formula is C11H9Cl2NO. The van der Waals surface area contributed by atoms with Crippen molar-refractivity contribution in [3.05, 3.63) is 33.4 Å². The fourth-order valence-electron chi connectivity index (χ4n) is 1.49. The molecule has 15 heavy (non-hydrogen) atoms. The lowest BCUT2D eigenvalue weighted by Gasteiger charge is -2.09. The number of benzene rings is 1. The standard InChI is InChI=1S/C11H9Cl2NO/c1-5-3-4-7-8(12)6(2)9(13)11(15)10(7)14-5/h3-4,15H,1-2H3. The van der Waals surface area contributed by atoms with Crippen LogP contribution in [0.5, 0.6) is 5.75 Å². The molecule has 1 aromatic heterocycles. The van der Waals surface area contributed by atoms with E-state index in [9.17, 15) is 5.11 Å². The number of hydrogen-bond donors (Lipinski definition) is 1. The second-order valence-electron chi connectivity index (χ2n) is 3.45. The SMILES string of the molecule is Cc1ccc2c(Cl)c(C)c(Cl)c(O)c2n1. The van der Waals surface area contributed by atoms with Crippen molar-refractivity contribution >= 4 is 34.1 Å². The third-order valence-electron chi connectivity index (χ3n) is 2.36. The van der Waals surface area contributed by atoms with Gasteiger partial charge in [-0.05, 0) is 31.5 Å². The molecule has 0 aliphatic heterocycles. The Hall–Kier alpha value is -0.990. The molecule has 0 saturated heterocycles. The van der Waals surface area contributed by atoms with Crippen molar-refractivity contribution in [2.24, 2.45) is 0 Å². The number of phenols is 1. The summed E-state index contributed by atoms with van der Waals surface area (Å²) in [6, 6.07) is 3.68. The van der Waals surface area contributed by atoms with E-state index in [4.69, 9.17) is 23.2 Å². The fraction of sp³-hybridized carbons (Fsp3) is 0.182. The molecule has 1 heterocycles. The van der Waals surface area contributed by atoms with E-state index in [1.807, 2.05) is 19.1 Å². The van der Waals surface area contributed by atoms with Crippen LogP contribution in [0.2, 0.25) is 10.0 Å². The molecule has 2 aromatic rings. The molecule has 2 rings (SSSR count). The minimum absolute atomic E-state index is 0.00253. The topological polar surface area (TPSA) is 33.1 Å². The fourth-order valence-corrected chi connectivity index (χ4v) is 1.97. The number of pyridine rings is 1. The van der Waals surface area contributed by atoms with Crippen LogP contribution in [0.1, 0.15) is 11.3 Å². The number of nitrogens with zero attached hydrogens (tertiary/aromatic N) is 1. The number of fused-ring (bicyclic) bond motifs is 1. The van der Waals surface area contributed by atoms with Gasteiger partial charge in [0.1, 0.15) is 5.52 Å². The van der Waals surface area contributed by atoms with Crippen LogP contribution < -0.4 is 0 Å². The minimum Gasteiger partial charge on any atom is -0.504 e. The first-order valence-corrected chi connectivity index (χ1v) is 5.22. The van der Waals surface area contributed by atoms with E-state index in [2.05, 4.69) is 4.98 Å². The van der Waals surface area contributed by atoms with E-state index in [0.717, 1.165) is 11.1 Å². The number of halogens is 2. The maximum absolute atomic E-state index is 9.83. The summed E-state index contributed by atoms with van der Waals surface area (Å²) in [5, 5.41) is 11.4. The summed E-state index contributed by atoms with van der Waals surface area (Å²) < 4.78 is 0. The smallest absolute Gasteiger partial charge is 0.160 e. The summed E-state index contributed by atoms with van der Waals surface area (Å²) in [6.45, 7) is 3.62. The number of aromatic nitrogens is 1. The third kappa shape index (κ3) is 1.54. The molecular weight excluding hydrogens is 233 g/mol. The molecule has 4 heteroatoms. The lowest BCUT2D eigenvalue weighted by atomic mass is 10.1. The quantitative estimate of drug-likeness (QED) is 0.760. The molecule has 0 radical (unpaired) electrons. The average molecular weight is 242 g/mol. The van der Waals surface area contributed by atoms with Gasteiger partial charge >= 0.3 is 0 Å². The first kappa shape index (κ1) is 10.5. The first-order chi connectivity index (χ1) is 7.02. The molecule has 0 bridgehead atoms. The number of aromatic hydroxyl groups is 1. The van der Waals surface area contributed by atoms with Gasteiger partial charge in [-0.3, -0.25) is 0 Å². The molecule has 0 aliphatic rings. The zero-order chi connectivity index (χ0) is 11.2. The van der Waals surface area contributed by atoms with Crippen LogP contribution in [-0.2, 0) is 0 Å². The van der Waals surface area contributed by atoms with E-state index in [1.54, 1.807) is 6.92 Å². The van der Waals surface area contributed by atoms with Crippen molar-refractivity contribution in [1.82, 2.24) is 4.98 Å². The average Bonchev–Trinajstić information content (AvgIpc) is 2.23. The van der Waals surface area contributed by atoms with Gasteiger partial charge in [0.2, 0.25) is 0 Å². The predicted octanol–water partition coefficient (Wildman–Crippen LogP) is 3.86. The van der Waals surface area contributed by atoms with Gasteiger partial charge in [0.25, 0.3) is 0 Å². The molecule has 0 atom stereocenters. The molecule has 1 aromatic carbocycles. The van der Waals surface area contributed by atoms with Crippen LogP contribution in [0.25, 0.3) is 10.9 Å². The monoisotopic (exact) mass is 241 g/mol. The van der Waals surface area contributed by atoms with Gasteiger partial charge in [-0.1, -0.05) is 23.2 Å². The van der Waals surface area contributed by atoms with Crippen LogP contribution in [0.4, 0.5) is 0 Å². The summed E-state index contributed by atoms with van der Waals surface area (Å²) in [5.41, 5.74) is 1.94. The summed E-state index contributed by atoms with van der Waals surface area (Å²) in [6.07, 6.45) is 0. The molecule has 78 valence electrons. The molecule has 1 N–H and O–H groups in total. The van der Waals surface area contributed by atoms with Gasteiger partial charge in [-0.15, -0.1) is 0 Å². The van der Waals surface area contributed by atoms with Crippen LogP contribution in [0.15, 0.2) is 12.1 Å². The van der Waals surface area contributed by atoms with Gasteiger partial charge in [0, 0.05) is 11.1 Å². The highest BCUT2D eigenvalue weighted by Crippen LogP contribution is 2.39. The van der Waals surface area contributed by atoms with Crippen molar-refractivity contribution in [1.29, 1.82) is 0 Å².